The Morgan fingerprint density at radius 1 is 1.00 bits per heavy atom. The standard InChI is InChI=1S/C27H29N5O5/c1-16(29-26(34)36-27(3,4)5)23(33)28-15-18-10-9-13-20(14-18)22-21(17(2)37-32-22)25-31-30-24(35-25)19-11-7-6-8-12-19/h6-14,16H,15H2,1-5H3,(H,28,33)(H,29,34)/t16-/m0/s1. The third kappa shape index (κ3) is 6.40. The molecule has 0 saturated heterocycles. The maximum Gasteiger partial charge on any atom is 0.408 e. The second-order valence-corrected chi connectivity index (χ2v) is 9.53. The van der Waals surface area contributed by atoms with Crippen molar-refractivity contribution in [1.29, 1.82) is 0 Å². The molecule has 0 aliphatic heterocycles. The van der Waals surface area contributed by atoms with E-state index in [1.165, 1.54) is 0 Å². The van der Waals surface area contributed by atoms with Gasteiger partial charge in [-0.2, -0.15) is 0 Å². The molecule has 0 aliphatic rings. The van der Waals surface area contributed by atoms with E-state index in [4.69, 9.17) is 13.7 Å². The summed E-state index contributed by atoms with van der Waals surface area (Å²) in [4.78, 5) is 24.4. The van der Waals surface area contributed by atoms with Crippen molar-refractivity contribution < 1.29 is 23.3 Å². The summed E-state index contributed by atoms with van der Waals surface area (Å²) in [5.74, 6) is 0.897. The quantitative estimate of drug-likeness (QED) is 0.364. The van der Waals surface area contributed by atoms with Gasteiger partial charge in [0.15, 0.2) is 0 Å². The van der Waals surface area contributed by atoms with Crippen molar-refractivity contribution in [1.82, 2.24) is 26.0 Å². The fourth-order valence-electron chi connectivity index (χ4n) is 3.56. The maximum absolute atomic E-state index is 12.5. The van der Waals surface area contributed by atoms with Gasteiger partial charge in [-0.25, -0.2) is 4.79 Å². The number of carbonyl (C=O) groups is 2. The molecule has 4 rings (SSSR count). The van der Waals surface area contributed by atoms with Crippen LogP contribution in [-0.2, 0) is 16.1 Å². The second kappa shape index (κ2) is 10.7. The van der Waals surface area contributed by atoms with Crippen LogP contribution in [0.15, 0.2) is 63.5 Å². The number of ether oxygens (including phenoxy) is 1. The van der Waals surface area contributed by atoms with E-state index in [1.54, 1.807) is 34.6 Å². The molecule has 0 aliphatic carbocycles. The summed E-state index contributed by atoms with van der Waals surface area (Å²) in [6, 6.07) is 16.2. The van der Waals surface area contributed by atoms with Crippen molar-refractivity contribution in [3.05, 3.63) is 65.9 Å². The Bertz CT molecular complexity index is 1390. The number of aryl methyl sites for hydroxylation is 1. The highest BCUT2D eigenvalue weighted by Crippen LogP contribution is 2.35. The smallest absolute Gasteiger partial charge is 0.408 e. The van der Waals surface area contributed by atoms with Gasteiger partial charge in [0, 0.05) is 17.7 Å². The molecule has 0 saturated carbocycles. The molecule has 0 fully saturated rings. The summed E-state index contributed by atoms with van der Waals surface area (Å²) in [6.45, 7) is 8.89. The third-order valence-corrected chi connectivity index (χ3v) is 5.32. The number of nitrogens with zero attached hydrogens (tertiary/aromatic N) is 3. The Morgan fingerprint density at radius 2 is 1.70 bits per heavy atom. The molecule has 2 N–H and O–H groups in total. The molecule has 2 amide bonds. The van der Waals surface area contributed by atoms with E-state index in [9.17, 15) is 9.59 Å². The summed E-state index contributed by atoms with van der Waals surface area (Å²) in [6.07, 6.45) is -0.650. The Hall–Kier alpha value is -4.47. The summed E-state index contributed by atoms with van der Waals surface area (Å²) < 4.78 is 16.6. The first kappa shape index (κ1) is 25.6. The summed E-state index contributed by atoms with van der Waals surface area (Å²) in [7, 11) is 0. The Labute approximate surface area is 214 Å². The van der Waals surface area contributed by atoms with E-state index in [0.29, 0.717) is 28.8 Å². The van der Waals surface area contributed by atoms with Crippen LogP contribution >= 0.6 is 0 Å². The Kier molecular flexibility index (Phi) is 7.37. The molecule has 2 heterocycles. The van der Waals surface area contributed by atoms with E-state index in [1.807, 2.05) is 54.6 Å². The minimum absolute atomic E-state index is 0.248. The van der Waals surface area contributed by atoms with Gasteiger partial charge >= 0.3 is 6.09 Å². The van der Waals surface area contributed by atoms with Crippen molar-refractivity contribution >= 4 is 12.0 Å². The number of aromatic nitrogens is 3. The summed E-state index contributed by atoms with van der Waals surface area (Å²) in [5, 5.41) is 18.0. The van der Waals surface area contributed by atoms with Crippen LogP contribution in [0.3, 0.4) is 0 Å². The lowest BCUT2D eigenvalue weighted by Crippen LogP contribution is -2.46. The van der Waals surface area contributed by atoms with Crippen LogP contribution < -0.4 is 10.6 Å². The first-order valence-electron chi connectivity index (χ1n) is 11.8. The molecule has 0 bridgehead atoms. The summed E-state index contributed by atoms with van der Waals surface area (Å²) >= 11 is 0. The first-order valence-corrected chi connectivity index (χ1v) is 11.8. The number of hydrogen-bond donors (Lipinski definition) is 2. The molecule has 10 heteroatoms. The van der Waals surface area contributed by atoms with Gasteiger partial charge in [-0.1, -0.05) is 41.6 Å². The van der Waals surface area contributed by atoms with E-state index < -0.39 is 17.7 Å². The Balaban J connectivity index is 1.47. The number of hydrogen-bond acceptors (Lipinski definition) is 8. The fourth-order valence-corrected chi connectivity index (χ4v) is 3.56. The van der Waals surface area contributed by atoms with Crippen LogP contribution in [-0.4, -0.2) is 39.0 Å². The average Bonchev–Trinajstić information content (AvgIpc) is 3.48. The third-order valence-electron chi connectivity index (χ3n) is 5.32. The second-order valence-electron chi connectivity index (χ2n) is 9.53. The molecule has 0 spiro atoms. The molecule has 10 nitrogen and oxygen atoms in total. The lowest BCUT2D eigenvalue weighted by Gasteiger charge is -2.21. The number of alkyl carbamates (subject to hydrolysis) is 1. The Morgan fingerprint density at radius 3 is 2.43 bits per heavy atom. The van der Waals surface area contributed by atoms with Crippen LogP contribution in [0.2, 0.25) is 0 Å². The predicted molar refractivity (Wildman–Crippen MR) is 136 cm³/mol. The highest BCUT2D eigenvalue weighted by molar-refractivity contribution is 5.85. The van der Waals surface area contributed by atoms with Crippen molar-refractivity contribution in [3.8, 4) is 34.2 Å². The van der Waals surface area contributed by atoms with E-state index in [-0.39, 0.29) is 12.5 Å². The SMILES string of the molecule is Cc1onc(-c2cccc(CNC(=O)[C@H](C)NC(=O)OC(C)(C)C)c2)c1-c1nnc(-c2ccccc2)o1. The van der Waals surface area contributed by atoms with Gasteiger partial charge in [0.2, 0.25) is 11.8 Å². The van der Waals surface area contributed by atoms with Crippen LogP contribution in [0.1, 0.15) is 39.0 Å². The van der Waals surface area contributed by atoms with Gasteiger partial charge in [0.25, 0.3) is 5.89 Å². The molecule has 2 aromatic heterocycles. The van der Waals surface area contributed by atoms with Crippen LogP contribution in [0, 0.1) is 6.92 Å². The van der Waals surface area contributed by atoms with Crippen molar-refractivity contribution in [3.63, 3.8) is 0 Å². The molecular weight excluding hydrogens is 474 g/mol. The van der Waals surface area contributed by atoms with Crippen molar-refractivity contribution in [2.24, 2.45) is 0 Å². The average molecular weight is 504 g/mol. The zero-order valence-corrected chi connectivity index (χ0v) is 21.4. The zero-order chi connectivity index (χ0) is 26.6. The number of amides is 2. The molecular formula is C27H29N5O5. The molecule has 0 unspecified atom stereocenters. The van der Waals surface area contributed by atoms with Crippen molar-refractivity contribution in [2.75, 3.05) is 0 Å². The van der Waals surface area contributed by atoms with Crippen LogP contribution in [0.4, 0.5) is 4.79 Å². The number of benzene rings is 2. The first-order chi connectivity index (χ1) is 17.6. The van der Waals surface area contributed by atoms with Gasteiger partial charge in [0.1, 0.15) is 28.7 Å². The topological polar surface area (TPSA) is 132 Å². The van der Waals surface area contributed by atoms with Crippen LogP contribution in [0.25, 0.3) is 34.2 Å². The van der Waals surface area contributed by atoms with E-state index in [0.717, 1.165) is 16.7 Å². The number of carbonyl (C=O) groups excluding carboxylic acids is 2. The molecule has 192 valence electrons. The largest absolute Gasteiger partial charge is 0.444 e. The molecule has 1 atom stereocenters. The lowest BCUT2D eigenvalue weighted by atomic mass is 10.0. The minimum Gasteiger partial charge on any atom is -0.444 e. The highest BCUT2D eigenvalue weighted by Gasteiger charge is 2.23. The molecule has 4 aromatic rings. The highest BCUT2D eigenvalue weighted by atomic mass is 16.6. The van der Waals surface area contributed by atoms with E-state index in [2.05, 4.69) is 26.0 Å². The van der Waals surface area contributed by atoms with Gasteiger partial charge in [-0.3, -0.25) is 4.79 Å². The molecule has 0 radical (unpaired) electrons. The number of nitrogens with one attached hydrogen (secondary N) is 2. The molecule has 37 heavy (non-hydrogen) atoms. The van der Waals surface area contributed by atoms with Crippen molar-refractivity contribution in [2.45, 2.75) is 52.8 Å². The molecule has 2 aromatic carbocycles. The van der Waals surface area contributed by atoms with Gasteiger partial charge < -0.3 is 24.3 Å². The van der Waals surface area contributed by atoms with E-state index >= 15 is 0 Å². The fraction of sp³-hybridized carbons (Fsp3) is 0.296. The summed E-state index contributed by atoms with van der Waals surface area (Å²) in [5.41, 5.74) is 2.91. The zero-order valence-electron chi connectivity index (χ0n) is 21.4. The monoisotopic (exact) mass is 503 g/mol. The maximum atomic E-state index is 12.5. The normalized spacial score (nSPS) is 12.1. The van der Waals surface area contributed by atoms with Gasteiger partial charge in [-0.05, 0) is 58.4 Å². The van der Waals surface area contributed by atoms with Gasteiger partial charge in [0.05, 0.1) is 0 Å². The van der Waals surface area contributed by atoms with Crippen LogP contribution in [0.5, 0.6) is 0 Å². The predicted octanol–water partition coefficient (Wildman–Crippen LogP) is 4.90. The lowest BCUT2D eigenvalue weighted by molar-refractivity contribution is -0.122. The number of rotatable bonds is 7. The van der Waals surface area contributed by atoms with Gasteiger partial charge in [-0.15, -0.1) is 10.2 Å². The minimum atomic E-state index is -0.765.